The second-order valence-corrected chi connectivity index (χ2v) is 6.61. The van der Waals surface area contributed by atoms with Crippen LogP contribution in [0.15, 0.2) is 0 Å². The summed E-state index contributed by atoms with van der Waals surface area (Å²) in [7, 11) is 0. The Morgan fingerprint density at radius 1 is 1.09 bits per heavy atom. The smallest absolute Gasteiger partial charge is 0.458 e. The molecule has 2 rings (SSSR count). The van der Waals surface area contributed by atoms with E-state index in [1.165, 1.54) is 0 Å². The fourth-order valence-corrected chi connectivity index (χ4v) is 2.98. The van der Waals surface area contributed by atoms with E-state index in [2.05, 4.69) is 4.74 Å². The van der Waals surface area contributed by atoms with E-state index in [4.69, 9.17) is 0 Å². The maximum atomic E-state index is 12.3. The Morgan fingerprint density at radius 3 is 2.09 bits per heavy atom. The summed E-state index contributed by atoms with van der Waals surface area (Å²) in [5, 5.41) is 0. The van der Waals surface area contributed by atoms with E-state index in [-0.39, 0.29) is 12.5 Å². The highest BCUT2D eigenvalue weighted by Gasteiger charge is 2.48. The topological polar surface area (TPSA) is 29.5 Å². The van der Waals surface area contributed by atoms with Crippen molar-refractivity contribution in [3.05, 3.63) is 0 Å². The van der Waals surface area contributed by atoms with Gasteiger partial charge in [-0.3, -0.25) is 0 Å². The van der Waals surface area contributed by atoms with Crippen molar-refractivity contribution in [2.75, 3.05) is 26.2 Å². The molecule has 134 valence electrons. The molecule has 1 heterocycles. The number of nitrogens with zero attached hydrogens (tertiary/aromatic N) is 1. The van der Waals surface area contributed by atoms with E-state index in [1.54, 1.807) is 0 Å². The largest absolute Gasteiger partial charge is 0.490 e. The molecule has 0 aromatic carbocycles. The number of hydrogen-bond donors (Lipinski definition) is 0. The molecule has 3 nitrogen and oxygen atoms in total. The lowest BCUT2D eigenvalue weighted by molar-refractivity contribution is -0.201. The van der Waals surface area contributed by atoms with Crippen LogP contribution in [0.4, 0.5) is 26.3 Å². The van der Waals surface area contributed by atoms with E-state index in [0.717, 1.165) is 0 Å². The molecule has 2 fully saturated rings. The van der Waals surface area contributed by atoms with Crippen molar-refractivity contribution >= 4 is 5.97 Å². The van der Waals surface area contributed by atoms with Gasteiger partial charge < -0.3 is 9.64 Å². The maximum Gasteiger partial charge on any atom is 0.490 e. The molecular weight excluding hydrogens is 328 g/mol. The molecule has 0 N–H and O–H groups in total. The molecule has 0 bridgehead atoms. The SMILES string of the molecule is O=C(OCC1(CN2CCC(CC(F)(F)F)CC2)CC1)C(F)(F)F. The highest BCUT2D eigenvalue weighted by atomic mass is 19.4. The van der Waals surface area contributed by atoms with Gasteiger partial charge in [-0.2, -0.15) is 26.3 Å². The molecule has 9 heteroatoms. The number of piperidine rings is 1. The van der Waals surface area contributed by atoms with Crippen molar-refractivity contribution in [3.63, 3.8) is 0 Å². The standard InChI is InChI=1S/C14H19F6NO2/c15-13(16,17)7-10-1-5-21(6-2-10)8-12(3-4-12)9-23-11(22)14(18,19)20/h10H,1-9H2. The number of esters is 1. The summed E-state index contributed by atoms with van der Waals surface area (Å²) in [6.07, 6.45) is -7.74. The fraction of sp³-hybridized carbons (Fsp3) is 0.929. The fourth-order valence-electron chi connectivity index (χ4n) is 2.98. The van der Waals surface area contributed by atoms with Crippen molar-refractivity contribution < 1.29 is 35.9 Å². The van der Waals surface area contributed by atoms with E-state index in [0.29, 0.717) is 45.3 Å². The first-order valence-electron chi connectivity index (χ1n) is 7.52. The van der Waals surface area contributed by atoms with E-state index in [9.17, 15) is 31.1 Å². The molecule has 0 spiro atoms. The van der Waals surface area contributed by atoms with Crippen LogP contribution in [0.25, 0.3) is 0 Å². The summed E-state index contributed by atoms with van der Waals surface area (Å²) in [5.41, 5.74) is -0.461. The van der Waals surface area contributed by atoms with Gasteiger partial charge in [0.25, 0.3) is 0 Å². The first-order chi connectivity index (χ1) is 10.5. The Morgan fingerprint density at radius 2 is 1.65 bits per heavy atom. The van der Waals surface area contributed by atoms with E-state index >= 15 is 0 Å². The first kappa shape index (κ1) is 18.4. The number of carbonyl (C=O) groups excluding carboxylic acids is 1. The zero-order valence-corrected chi connectivity index (χ0v) is 12.5. The molecule has 1 saturated carbocycles. The summed E-state index contributed by atoms with van der Waals surface area (Å²) in [6.45, 7) is 1.18. The molecule has 0 unspecified atom stereocenters. The molecule has 2 aliphatic rings. The van der Waals surface area contributed by atoms with Crippen molar-refractivity contribution in [1.29, 1.82) is 0 Å². The monoisotopic (exact) mass is 347 g/mol. The summed E-state index contributed by atoms with van der Waals surface area (Å²) in [6, 6.07) is 0. The average molecular weight is 347 g/mol. The third-order valence-corrected chi connectivity index (χ3v) is 4.48. The molecular formula is C14H19F6NO2. The Kier molecular flexibility index (Phi) is 5.18. The molecule has 0 aromatic rings. The third kappa shape index (κ3) is 5.86. The quantitative estimate of drug-likeness (QED) is 0.563. The normalized spacial score (nSPS) is 22.9. The summed E-state index contributed by atoms with van der Waals surface area (Å²) >= 11 is 0. The number of alkyl halides is 6. The van der Waals surface area contributed by atoms with Gasteiger partial charge in [-0.25, -0.2) is 4.79 Å². The summed E-state index contributed by atoms with van der Waals surface area (Å²) < 4.78 is 77.6. The van der Waals surface area contributed by atoms with Crippen LogP contribution >= 0.6 is 0 Å². The minimum atomic E-state index is -4.99. The van der Waals surface area contributed by atoms with Crippen LogP contribution in [0.5, 0.6) is 0 Å². The Labute approximate surface area is 129 Å². The van der Waals surface area contributed by atoms with Crippen LogP contribution in [-0.4, -0.2) is 49.5 Å². The maximum absolute atomic E-state index is 12.3. The highest BCUT2D eigenvalue weighted by Crippen LogP contribution is 2.47. The molecule has 0 amide bonds. The number of hydrogen-bond acceptors (Lipinski definition) is 3. The second-order valence-electron chi connectivity index (χ2n) is 6.61. The predicted octanol–water partition coefficient (Wildman–Crippen LogP) is 3.54. The molecule has 0 radical (unpaired) electrons. The minimum absolute atomic E-state index is 0.284. The number of likely N-dealkylation sites (tertiary alicyclic amines) is 1. The predicted molar refractivity (Wildman–Crippen MR) is 68.5 cm³/mol. The second kappa shape index (κ2) is 6.49. The molecule has 23 heavy (non-hydrogen) atoms. The summed E-state index contributed by atoms with van der Waals surface area (Å²) in [4.78, 5) is 12.7. The summed E-state index contributed by atoms with van der Waals surface area (Å²) in [5.74, 6) is -2.57. The zero-order valence-electron chi connectivity index (χ0n) is 12.5. The molecule has 1 saturated heterocycles. The van der Waals surface area contributed by atoms with Gasteiger partial charge in [0.05, 0.1) is 6.61 Å². The Bertz CT molecular complexity index is 422. The van der Waals surface area contributed by atoms with Gasteiger partial charge in [0, 0.05) is 18.4 Å². The number of carbonyl (C=O) groups is 1. The van der Waals surface area contributed by atoms with Crippen LogP contribution in [-0.2, 0) is 9.53 Å². The number of ether oxygens (including phenoxy) is 1. The molecule has 1 aliphatic carbocycles. The van der Waals surface area contributed by atoms with Crippen molar-refractivity contribution in [2.24, 2.45) is 11.3 Å². The highest BCUT2D eigenvalue weighted by molar-refractivity contribution is 5.75. The average Bonchev–Trinajstić information content (AvgIpc) is 3.16. The van der Waals surface area contributed by atoms with Crippen molar-refractivity contribution in [1.82, 2.24) is 4.90 Å². The van der Waals surface area contributed by atoms with Crippen LogP contribution in [0.2, 0.25) is 0 Å². The third-order valence-electron chi connectivity index (χ3n) is 4.48. The van der Waals surface area contributed by atoms with Gasteiger partial charge in [-0.1, -0.05) is 0 Å². The van der Waals surface area contributed by atoms with Gasteiger partial charge in [-0.15, -0.1) is 0 Å². The van der Waals surface area contributed by atoms with Crippen molar-refractivity contribution in [2.45, 2.75) is 44.5 Å². The van der Waals surface area contributed by atoms with Crippen LogP contribution < -0.4 is 0 Å². The molecule has 1 aliphatic heterocycles. The van der Waals surface area contributed by atoms with Gasteiger partial charge in [-0.05, 0) is 44.7 Å². The lowest BCUT2D eigenvalue weighted by Crippen LogP contribution is -2.40. The van der Waals surface area contributed by atoms with Crippen LogP contribution in [0.3, 0.4) is 0 Å². The van der Waals surface area contributed by atoms with Gasteiger partial charge in [0.2, 0.25) is 0 Å². The minimum Gasteiger partial charge on any atom is -0.458 e. The van der Waals surface area contributed by atoms with Crippen LogP contribution in [0.1, 0.15) is 32.1 Å². The van der Waals surface area contributed by atoms with Crippen molar-refractivity contribution in [3.8, 4) is 0 Å². The molecule has 0 aromatic heterocycles. The van der Waals surface area contributed by atoms with Crippen LogP contribution in [0, 0.1) is 11.3 Å². The van der Waals surface area contributed by atoms with E-state index in [1.807, 2.05) is 4.90 Å². The number of halogens is 6. The van der Waals surface area contributed by atoms with E-state index < -0.39 is 30.2 Å². The van der Waals surface area contributed by atoms with Gasteiger partial charge in [0.1, 0.15) is 0 Å². The van der Waals surface area contributed by atoms with Gasteiger partial charge >= 0.3 is 18.3 Å². The lowest BCUT2D eigenvalue weighted by Gasteiger charge is -2.34. The van der Waals surface area contributed by atoms with Gasteiger partial charge in [0.15, 0.2) is 0 Å². The Balaban J connectivity index is 1.72. The first-order valence-corrected chi connectivity index (χ1v) is 7.52. The lowest BCUT2D eigenvalue weighted by atomic mass is 9.92. The zero-order chi connectivity index (χ0) is 17.3. The number of rotatable bonds is 5. The Hall–Kier alpha value is -0.990. The molecule has 0 atom stereocenters.